The van der Waals surface area contributed by atoms with Crippen LogP contribution in [0.5, 0.6) is 5.75 Å². The molecular formula is C22H28N2O4S. The number of likely N-dealkylation sites (tertiary alicyclic amines) is 1. The van der Waals surface area contributed by atoms with Gasteiger partial charge in [0.25, 0.3) is 0 Å². The number of amides is 1. The maximum atomic E-state index is 12.8. The Morgan fingerprint density at radius 2 is 1.76 bits per heavy atom. The quantitative estimate of drug-likeness (QED) is 0.786. The molecular weight excluding hydrogens is 388 g/mol. The van der Waals surface area contributed by atoms with Gasteiger partial charge in [-0.2, -0.15) is 0 Å². The second kappa shape index (κ2) is 8.97. The molecule has 1 saturated heterocycles. The fourth-order valence-corrected chi connectivity index (χ4v) is 5.19. The number of sulfonamides is 1. The zero-order chi connectivity index (χ0) is 21.0. The molecule has 0 unspecified atom stereocenters. The summed E-state index contributed by atoms with van der Waals surface area (Å²) in [6.07, 6.45) is 1.56. The van der Waals surface area contributed by atoms with Crippen molar-refractivity contribution in [1.29, 1.82) is 0 Å². The molecule has 1 N–H and O–H groups in total. The van der Waals surface area contributed by atoms with Crippen LogP contribution in [0.25, 0.3) is 0 Å². The zero-order valence-corrected chi connectivity index (χ0v) is 18.0. The second-order valence-corrected chi connectivity index (χ2v) is 9.25. The van der Waals surface area contributed by atoms with Crippen molar-refractivity contribution < 1.29 is 17.9 Å². The number of ether oxygens (including phenoxy) is 1. The molecule has 0 saturated carbocycles. The van der Waals surface area contributed by atoms with Crippen LogP contribution in [0.4, 0.5) is 0 Å². The molecule has 0 aromatic heterocycles. The molecule has 0 spiro atoms. The summed E-state index contributed by atoms with van der Waals surface area (Å²) in [6, 6.07) is 12.7. The first-order chi connectivity index (χ1) is 13.8. The molecule has 1 heterocycles. The van der Waals surface area contributed by atoms with Crippen molar-refractivity contribution in [2.75, 3.05) is 20.2 Å². The largest absolute Gasteiger partial charge is 0.497 e. The molecule has 2 aromatic carbocycles. The summed E-state index contributed by atoms with van der Waals surface area (Å²) in [5, 5.41) is 0. The third-order valence-corrected chi connectivity index (χ3v) is 6.98. The Kier molecular flexibility index (Phi) is 6.59. The Hall–Kier alpha value is -2.38. The lowest BCUT2D eigenvalue weighted by Gasteiger charge is -2.32. The van der Waals surface area contributed by atoms with Crippen LogP contribution in [0.3, 0.4) is 0 Å². The van der Waals surface area contributed by atoms with E-state index in [1.807, 2.05) is 48.2 Å². The van der Waals surface area contributed by atoms with E-state index in [1.54, 1.807) is 20.1 Å². The van der Waals surface area contributed by atoms with Gasteiger partial charge in [-0.3, -0.25) is 4.79 Å². The third kappa shape index (κ3) is 5.36. The second-order valence-electron chi connectivity index (χ2n) is 7.57. The molecule has 1 amide bonds. The highest BCUT2D eigenvalue weighted by Crippen LogP contribution is 2.20. The lowest BCUT2D eigenvalue weighted by atomic mass is 10.0. The molecule has 1 aliphatic heterocycles. The van der Waals surface area contributed by atoms with Crippen LogP contribution < -0.4 is 9.46 Å². The van der Waals surface area contributed by atoms with Crippen molar-refractivity contribution in [3.63, 3.8) is 0 Å². The average molecular weight is 417 g/mol. The first-order valence-electron chi connectivity index (χ1n) is 9.79. The van der Waals surface area contributed by atoms with Crippen molar-refractivity contribution in [3.05, 3.63) is 59.2 Å². The molecule has 1 fully saturated rings. The zero-order valence-electron chi connectivity index (χ0n) is 17.1. The topological polar surface area (TPSA) is 75.7 Å². The van der Waals surface area contributed by atoms with Crippen molar-refractivity contribution in [2.24, 2.45) is 0 Å². The van der Waals surface area contributed by atoms with Gasteiger partial charge in [-0.05, 0) is 61.6 Å². The van der Waals surface area contributed by atoms with E-state index in [-0.39, 0.29) is 11.9 Å². The SMILES string of the molecule is COc1ccc(CC(=O)N2CCC(NS(=O)(=O)c3cc(C)ccc3C)CC2)cc1. The number of piperidine rings is 1. The van der Waals surface area contributed by atoms with Crippen LogP contribution in [0.2, 0.25) is 0 Å². The van der Waals surface area contributed by atoms with Gasteiger partial charge in [0.2, 0.25) is 15.9 Å². The molecule has 7 heteroatoms. The van der Waals surface area contributed by atoms with E-state index in [0.717, 1.165) is 22.4 Å². The minimum atomic E-state index is -3.57. The standard InChI is InChI=1S/C22H28N2O4S/c1-16-4-5-17(2)21(14-16)29(26,27)23-19-10-12-24(13-11-19)22(25)15-18-6-8-20(28-3)9-7-18/h4-9,14,19,23H,10-13,15H2,1-3H3. The summed E-state index contributed by atoms with van der Waals surface area (Å²) in [5.41, 5.74) is 2.58. The highest BCUT2D eigenvalue weighted by Gasteiger charge is 2.27. The van der Waals surface area contributed by atoms with E-state index >= 15 is 0 Å². The Balaban J connectivity index is 1.55. The minimum absolute atomic E-state index is 0.0611. The monoisotopic (exact) mass is 416 g/mol. The number of rotatable bonds is 6. The normalized spacial score (nSPS) is 15.3. The Morgan fingerprint density at radius 1 is 1.10 bits per heavy atom. The van der Waals surface area contributed by atoms with Crippen molar-refractivity contribution >= 4 is 15.9 Å². The number of carbonyl (C=O) groups is 1. The molecule has 29 heavy (non-hydrogen) atoms. The smallest absolute Gasteiger partial charge is 0.241 e. The molecule has 0 atom stereocenters. The number of carbonyl (C=O) groups excluding carboxylic acids is 1. The van der Waals surface area contributed by atoms with Gasteiger partial charge in [0.1, 0.15) is 5.75 Å². The number of methoxy groups -OCH3 is 1. The van der Waals surface area contributed by atoms with Gasteiger partial charge in [-0.1, -0.05) is 24.3 Å². The van der Waals surface area contributed by atoms with Crippen LogP contribution in [-0.4, -0.2) is 45.5 Å². The summed E-state index contributed by atoms with van der Waals surface area (Å²) < 4.78 is 33.5. The van der Waals surface area contributed by atoms with E-state index in [9.17, 15) is 13.2 Å². The molecule has 2 aromatic rings. The third-order valence-electron chi connectivity index (χ3n) is 5.32. The molecule has 1 aliphatic rings. The predicted molar refractivity (Wildman–Crippen MR) is 113 cm³/mol. The van der Waals surface area contributed by atoms with E-state index in [1.165, 1.54) is 0 Å². The van der Waals surface area contributed by atoms with Crippen molar-refractivity contribution in [2.45, 2.75) is 44.0 Å². The van der Waals surface area contributed by atoms with E-state index in [0.29, 0.717) is 37.2 Å². The predicted octanol–water partition coefficient (Wildman–Crippen LogP) is 2.82. The lowest BCUT2D eigenvalue weighted by molar-refractivity contribution is -0.131. The number of hydrogen-bond acceptors (Lipinski definition) is 4. The van der Waals surface area contributed by atoms with E-state index < -0.39 is 10.0 Å². The Bertz CT molecular complexity index is 963. The summed E-state index contributed by atoms with van der Waals surface area (Å²) in [5.74, 6) is 0.823. The number of aryl methyl sites for hydroxylation is 2. The van der Waals surface area contributed by atoms with Crippen molar-refractivity contribution in [1.82, 2.24) is 9.62 Å². The molecule has 0 aliphatic carbocycles. The van der Waals surface area contributed by atoms with Gasteiger partial charge in [-0.15, -0.1) is 0 Å². The first kappa shape index (κ1) is 21.3. The van der Waals surface area contributed by atoms with Crippen molar-refractivity contribution in [3.8, 4) is 5.75 Å². The minimum Gasteiger partial charge on any atom is -0.497 e. The van der Waals surface area contributed by atoms with E-state index in [4.69, 9.17) is 4.74 Å². The van der Waals surface area contributed by atoms with Crippen LogP contribution in [0.15, 0.2) is 47.4 Å². The summed E-state index contributed by atoms with van der Waals surface area (Å²) in [6.45, 7) is 4.78. The number of hydrogen-bond donors (Lipinski definition) is 1. The molecule has 6 nitrogen and oxygen atoms in total. The molecule has 156 valence electrons. The Morgan fingerprint density at radius 3 is 2.38 bits per heavy atom. The van der Waals surface area contributed by atoms with Gasteiger partial charge in [0.15, 0.2) is 0 Å². The number of nitrogens with zero attached hydrogens (tertiary/aromatic N) is 1. The number of nitrogens with one attached hydrogen (secondary N) is 1. The van der Waals surface area contributed by atoms with Gasteiger partial charge in [0.05, 0.1) is 18.4 Å². The van der Waals surface area contributed by atoms with E-state index in [2.05, 4.69) is 4.72 Å². The van der Waals surface area contributed by atoms with Gasteiger partial charge in [-0.25, -0.2) is 13.1 Å². The fraction of sp³-hybridized carbons (Fsp3) is 0.409. The molecule has 0 radical (unpaired) electrons. The van der Waals surface area contributed by atoms with Gasteiger partial charge >= 0.3 is 0 Å². The van der Waals surface area contributed by atoms with Gasteiger partial charge in [0, 0.05) is 19.1 Å². The summed E-state index contributed by atoms with van der Waals surface area (Å²) >= 11 is 0. The lowest BCUT2D eigenvalue weighted by Crippen LogP contribution is -2.47. The van der Waals surface area contributed by atoms with Crippen LogP contribution >= 0.6 is 0 Å². The maximum absolute atomic E-state index is 12.8. The summed E-state index contributed by atoms with van der Waals surface area (Å²) in [4.78, 5) is 14.7. The fourth-order valence-electron chi connectivity index (χ4n) is 3.56. The van der Waals surface area contributed by atoms with Gasteiger partial charge < -0.3 is 9.64 Å². The molecule has 3 rings (SSSR count). The highest BCUT2D eigenvalue weighted by atomic mass is 32.2. The Labute approximate surface area is 172 Å². The van der Waals surface area contributed by atoms with Crippen LogP contribution in [-0.2, 0) is 21.2 Å². The molecule has 0 bridgehead atoms. The highest BCUT2D eigenvalue weighted by molar-refractivity contribution is 7.89. The van der Waals surface area contributed by atoms with Crippen LogP contribution in [0, 0.1) is 13.8 Å². The average Bonchev–Trinajstić information content (AvgIpc) is 2.70. The summed E-state index contributed by atoms with van der Waals surface area (Å²) in [7, 11) is -1.96. The van der Waals surface area contributed by atoms with Crippen LogP contribution in [0.1, 0.15) is 29.5 Å². The maximum Gasteiger partial charge on any atom is 0.241 e. The number of benzene rings is 2. The first-order valence-corrected chi connectivity index (χ1v) is 11.3.